The van der Waals surface area contributed by atoms with Crippen LogP contribution >= 0.6 is 11.3 Å². The number of aromatic nitrogens is 6. The normalized spacial score (nSPS) is 16.9. The Balaban J connectivity index is 1.38. The molecule has 0 spiro atoms. The lowest BCUT2D eigenvalue weighted by molar-refractivity contribution is -0.130. The zero-order chi connectivity index (χ0) is 21.3. The number of amides is 1. The Morgan fingerprint density at radius 3 is 2.80 bits per heavy atom. The summed E-state index contributed by atoms with van der Waals surface area (Å²) in [7, 11) is 0. The topological polar surface area (TPSA) is 119 Å². The summed E-state index contributed by atoms with van der Waals surface area (Å²) in [6.45, 7) is 5.44. The van der Waals surface area contributed by atoms with Crippen molar-refractivity contribution in [2.45, 2.75) is 44.6 Å². The molecule has 0 radical (unpaired) electrons. The zero-order valence-corrected chi connectivity index (χ0v) is 17.6. The van der Waals surface area contributed by atoms with E-state index in [0.717, 1.165) is 30.0 Å². The number of rotatable bonds is 7. The molecule has 1 amide bonds. The van der Waals surface area contributed by atoms with Gasteiger partial charge in [-0.05, 0) is 24.3 Å². The number of hydrogen-bond donors (Lipinski definition) is 1. The molecule has 4 heterocycles. The summed E-state index contributed by atoms with van der Waals surface area (Å²) in [5, 5.41) is 27.1. The third-order valence-electron chi connectivity index (χ3n) is 5.61. The predicted octanol–water partition coefficient (Wildman–Crippen LogP) is 2.15. The number of hydrogen-bond acceptors (Lipinski definition) is 7. The molecule has 10 nitrogen and oxygen atoms in total. The van der Waals surface area contributed by atoms with Crippen LogP contribution in [0.2, 0.25) is 0 Å². The second-order valence-corrected chi connectivity index (χ2v) is 8.98. The number of nitrogens with zero attached hydrogens (tertiary/aromatic N) is 7. The second kappa shape index (κ2) is 7.98. The molecule has 0 bridgehead atoms. The van der Waals surface area contributed by atoms with Crippen LogP contribution < -0.4 is 0 Å². The van der Waals surface area contributed by atoms with Crippen molar-refractivity contribution in [3.63, 3.8) is 0 Å². The first-order valence-corrected chi connectivity index (χ1v) is 10.6. The highest BCUT2D eigenvalue weighted by Gasteiger charge is 2.30. The summed E-state index contributed by atoms with van der Waals surface area (Å²) < 4.78 is 3.44. The lowest BCUT2D eigenvalue weighted by atomic mass is 9.84. The number of carboxylic acids is 1. The highest BCUT2D eigenvalue weighted by Crippen LogP contribution is 2.30. The van der Waals surface area contributed by atoms with Crippen LogP contribution in [0.5, 0.6) is 0 Å². The van der Waals surface area contributed by atoms with Gasteiger partial charge in [0.05, 0.1) is 23.6 Å². The summed E-state index contributed by atoms with van der Waals surface area (Å²) in [5.41, 5.74) is 0.845. The van der Waals surface area contributed by atoms with Gasteiger partial charge in [0.2, 0.25) is 5.91 Å². The maximum atomic E-state index is 12.7. The molecule has 1 aliphatic rings. The molecule has 1 unspecified atom stereocenters. The van der Waals surface area contributed by atoms with Crippen LogP contribution in [0.1, 0.15) is 54.5 Å². The first kappa shape index (κ1) is 20.2. The van der Waals surface area contributed by atoms with Crippen LogP contribution in [-0.4, -0.2) is 64.7 Å². The van der Waals surface area contributed by atoms with Crippen molar-refractivity contribution in [2.75, 3.05) is 13.1 Å². The van der Waals surface area contributed by atoms with Gasteiger partial charge in [-0.3, -0.25) is 4.79 Å². The van der Waals surface area contributed by atoms with Gasteiger partial charge >= 0.3 is 5.97 Å². The third kappa shape index (κ3) is 3.97. The molecule has 1 aliphatic heterocycles. The average molecular weight is 430 g/mol. The quantitative estimate of drug-likeness (QED) is 0.611. The number of carbonyl (C=O) groups excluding carboxylic acids is 1. The highest BCUT2D eigenvalue weighted by atomic mass is 32.1. The van der Waals surface area contributed by atoms with E-state index in [1.165, 1.54) is 4.68 Å². The molecule has 0 aliphatic carbocycles. The molecule has 158 valence electrons. The summed E-state index contributed by atoms with van der Waals surface area (Å²) in [6, 6.07) is 1.94. The van der Waals surface area contributed by atoms with E-state index in [2.05, 4.69) is 20.5 Å². The fourth-order valence-corrected chi connectivity index (χ4v) is 4.37. The molecular weight excluding hydrogens is 406 g/mol. The van der Waals surface area contributed by atoms with Crippen molar-refractivity contribution in [1.29, 1.82) is 0 Å². The van der Waals surface area contributed by atoms with Gasteiger partial charge in [0.25, 0.3) is 0 Å². The molecule has 1 N–H and O–H groups in total. The van der Waals surface area contributed by atoms with Gasteiger partial charge in [-0.25, -0.2) is 9.48 Å². The van der Waals surface area contributed by atoms with Crippen molar-refractivity contribution >= 4 is 23.2 Å². The number of carbonyl (C=O) groups is 2. The second-order valence-electron chi connectivity index (χ2n) is 8.06. The van der Waals surface area contributed by atoms with E-state index in [0.29, 0.717) is 25.1 Å². The van der Waals surface area contributed by atoms with Gasteiger partial charge in [0.1, 0.15) is 17.5 Å². The minimum Gasteiger partial charge on any atom is -0.477 e. The van der Waals surface area contributed by atoms with Gasteiger partial charge in [-0.1, -0.05) is 19.1 Å². The van der Waals surface area contributed by atoms with E-state index >= 15 is 0 Å². The summed E-state index contributed by atoms with van der Waals surface area (Å²) in [4.78, 5) is 26.2. The van der Waals surface area contributed by atoms with Crippen molar-refractivity contribution in [3.05, 3.63) is 40.9 Å². The molecule has 30 heavy (non-hydrogen) atoms. The summed E-state index contributed by atoms with van der Waals surface area (Å²) in [6.07, 6.45) is 7.05. The van der Waals surface area contributed by atoms with Gasteiger partial charge < -0.3 is 14.6 Å². The molecule has 4 rings (SSSR count). The first-order valence-electron chi connectivity index (χ1n) is 9.71. The Morgan fingerprint density at radius 2 is 2.07 bits per heavy atom. The summed E-state index contributed by atoms with van der Waals surface area (Å²) >= 11 is 1.15. The Hall–Kier alpha value is -3.08. The van der Waals surface area contributed by atoms with E-state index in [9.17, 15) is 14.7 Å². The van der Waals surface area contributed by atoms with E-state index < -0.39 is 5.97 Å². The number of likely N-dealkylation sites (tertiary alicyclic amines) is 1. The zero-order valence-electron chi connectivity index (χ0n) is 16.8. The van der Waals surface area contributed by atoms with Crippen molar-refractivity contribution in [1.82, 2.24) is 34.7 Å². The van der Waals surface area contributed by atoms with Gasteiger partial charge in [0.15, 0.2) is 0 Å². The fourth-order valence-electron chi connectivity index (χ4n) is 3.65. The van der Waals surface area contributed by atoms with Gasteiger partial charge in [-0.15, -0.1) is 26.6 Å². The number of aromatic carboxylic acids is 1. The lowest BCUT2D eigenvalue weighted by Crippen LogP contribution is -2.30. The fraction of sp³-hybridized carbons (Fsp3) is 0.474. The SMILES string of the molecule is CC(C)(CCC(=O)N1CCC(n2cnnc2)C1)c1cn(-c2ccsc2C(=O)O)nn1. The van der Waals surface area contributed by atoms with Crippen LogP contribution in [0.15, 0.2) is 30.3 Å². The molecule has 1 saturated heterocycles. The van der Waals surface area contributed by atoms with E-state index in [4.69, 9.17) is 0 Å². The van der Waals surface area contributed by atoms with Crippen LogP contribution in [-0.2, 0) is 10.2 Å². The van der Waals surface area contributed by atoms with Crippen LogP contribution in [0.4, 0.5) is 0 Å². The smallest absolute Gasteiger partial charge is 0.348 e. The van der Waals surface area contributed by atoms with E-state index in [1.807, 2.05) is 23.3 Å². The molecule has 0 aromatic carbocycles. The van der Waals surface area contributed by atoms with Gasteiger partial charge in [-0.2, -0.15) is 0 Å². The Labute approximate surface area is 177 Å². The third-order valence-corrected chi connectivity index (χ3v) is 6.50. The first-order chi connectivity index (χ1) is 14.3. The molecular formula is C19H23N7O3S. The van der Waals surface area contributed by atoms with Gasteiger partial charge in [0, 0.05) is 24.9 Å². The van der Waals surface area contributed by atoms with E-state index in [1.54, 1.807) is 30.3 Å². The van der Waals surface area contributed by atoms with Crippen LogP contribution in [0.3, 0.4) is 0 Å². The minimum atomic E-state index is -0.989. The Morgan fingerprint density at radius 1 is 1.30 bits per heavy atom. The molecule has 1 atom stereocenters. The number of carboxylic acid groups (broad SMARTS) is 1. The Bertz CT molecular complexity index is 1040. The predicted molar refractivity (Wildman–Crippen MR) is 109 cm³/mol. The maximum Gasteiger partial charge on any atom is 0.348 e. The monoisotopic (exact) mass is 429 g/mol. The van der Waals surface area contributed by atoms with Crippen LogP contribution in [0.25, 0.3) is 5.69 Å². The molecule has 3 aromatic rings. The number of thiophene rings is 1. The largest absolute Gasteiger partial charge is 0.477 e. The van der Waals surface area contributed by atoms with Crippen LogP contribution in [0, 0.1) is 0 Å². The molecule has 11 heteroatoms. The minimum absolute atomic E-state index is 0.122. The lowest BCUT2D eigenvalue weighted by Gasteiger charge is -2.23. The van der Waals surface area contributed by atoms with E-state index in [-0.39, 0.29) is 22.2 Å². The highest BCUT2D eigenvalue weighted by molar-refractivity contribution is 7.12. The molecule has 3 aromatic heterocycles. The maximum absolute atomic E-state index is 12.7. The van der Waals surface area contributed by atoms with Crippen molar-refractivity contribution in [2.24, 2.45) is 0 Å². The Kier molecular flexibility index (Phi) is 5.37. The average Bonchev–Trinajstić information content (AvgIpc) is 3.49. The van der Waals surface area contributed by atoms with Crippen molar-refractivity contribution in [3.8, 4) is 5.69 Å². The molecule has 1 fully saturated rings. The molecule has 0 saturated carbocycles. The summed E-state index contributed by atoms with van der Waals surface area (Å²) in [5.74, 6) is -0.866. The van der Waals surface area contributed by atoms with Crippen molar-refractivity contribution < 1.29 is 14.7 Å². The standard InChI is InChI=1S/C19H23N7O3S/c1-19(2,15-10-26(23-22-15)14-5-8-30-17(14)18(28)29)6-3-16(27)24-7-4-13(9-24)25-11-20-21-12-25/h5,8,10-13H,3-4,6-7,9H2,1-2H3,(H,28,29).